The van der Waals surface area contributed by atoms with Crippen molar-refractivity contribution in [3.63, 3.8) is 0 Å². The molecule has 0 aromatic heterocycles. The Morgan fingerprint density at radius 3 is 2.20 bits per heavy atom. The van der Waals surface area contributed by atoms with Gasteiger partial charge < -0.3 is 14.2 Å². The molecule has 0 radical (unpaired) electrons. The number of halogens is 2. The SMILES string of the molecule is CCOP(=O)(OCC)C(C)c1cc(O)c(Br)c(C)c1Br. The lowest BCUT2D eigenvalue weighted by atomic mass is 10.1. The zero-order valence-electron chi connectivity index (χ0n) is 11.9. The molecular weight excluding hydrogens is 411 g/mol. The monoisotopic (exact) mass is 428 g/mol. The van der Waals surface area contributed by atoms with E-state index in [1.807, 2.05) is 6.92 Å². The molecule has 7 heteroatoms. The van der Waals surface area contributed by atoms with Crippen molar-refractivity contribution in [2.24, 2.45) is 0 Å². The molecule has 0 aliphatic carbocycles. The number of hydrogen-bond donors (Lipinski definition) is 1. The van der Waals surface area contributed by atoms with Gasteiger partial charge in [-0.15, -0.1) is 0 Å². The lowest BCUT2D eigenvalue weighted by molar-refractivity contribution is 0.213. The third-order valence-electron chi connectivity index (χ3n) is 2.97. The van der Waals surface area contributed by atoms with Crippen LogP contribution in [0.3, 0.4) is 0 Å². The molecule has 0 amide bonds. The van der Waals surface area contributed by atoms with Crippen LogP contribution in [0.4, 0.5) is 0 Å². The van der Waals surface area contributed by atoms with Crippen LogP contribution in [0.15, 0.2) is 15.0 Å². The molecule has 1 N–H and O–H groups in total. The molecule has 4 nitrogen and oxygen atoms in total. The second kappa shape index (κ2) is 7.41. The van der Waals surface area contributed by atoms with Crippen LogP contribution in [0, 0.1) is 6.92 Å². The third-order valence-corrected chi connectivity index (χ3v) is 7.49. The van der Waals surface area contributed by atoms with Crippen LogP contribution >= 0.6 is 39.5 Å². The highest BCUT2D eigenvalue weighted by Crippen LogP contribution is 2.62. The van der Waals surface area contributed by atoms with Crippen LogP contribution in [0.25, 0.3) is 0 Å². The molecule has 1 rings (SSSR count). The number of hydrogen-bond acceptors (Lipinski definition) is 4. The molecule has 20 heavy (non-hydrogen) atoms. The average Bonchev–Trinajstić information content (AvgIpc) is 2.40. The Bertz CT molecular complexity index is 524. The van der Waals surface area contributed by atoms with Gasteiger partial charge in [-0.3, -0.25) is 4.57 Å². The van der Waals surface area contributed by atoms with Crippen LogP contribution in [-0.2, 0) is 13.6 Å². The first-order valence-corrected chi connectivity index (χ1v) is 9.54. The fourth-order valence-electron chi connectivity index (χ4n) is 1.87. The maximum absolute atomic E-state index is 12.8. The molecule has 0 aliphatic heterocycles. The van der Waals surface area contributed by atoms with Crippen LogP contribution in [0.2, 0.25) is 0 Å². The quantitative estimate of drug-likeness (QED) is 0.602. The van der Waals surface area contributed by atoms with Gasteiger partial charge in [0.25, 0.3) is 0 Å². The van der Waals surface area contributed by atoms with E-state index < -0.39 is 13.3 Å². The molecule has 0 spiro atoms. The number of rotatable bonds is 6. The van der Waals surface area contributed by atoms with E-state index in [1.54, 1.807) is 26.8 Å². The van der Waals surface area contributed by atoms with Crippen LogP contribution in [0.1, 0.15) is 37.6 Å². The molecule has 1 aromatic carbocycles. The van der Waals surface area contributed by atoms with Crippen molar-refractivity contribution in [2.75, 3.05) is 13.2 Å². The van der Waals surface area contributed by atoms with Gasteiger partial charge in [-0.1, -0.05) is 15.9 Å². The number of aromatic hydroxyl groups is 1. The van der Waals surface area contributed by atoms with Gasteiger partial charge >= 0.3 is 7.60 Å². The summed E-state index contributed by atoms with van der Waals surface area (Å²) in [5.41, 5.74) is 1.06. The fourth-order valence-corrected chi connectivity index (χ4v) is 5.07. The molecule has 0 bridgehead atoms. The van der Waals surface area contributed by atoms with Crippen molar-refractivity contribution in [3.05, 3.63) is 26.1 Å². The highest BCUT2D eigenvalue weighted by molar-refractivity contribution is 9.11. The second-order valence-electron chi connectivity index (χ2n) is 4.29. The minimum atomic E-state index is -3.27. The van der Waals surface area contributed by atoms with Gasteiger partial charge in [0.1, 0.15) is 5.75 Å². The molecule has 0 fully saturated rings. The minimum Gasteiger partial charge on any atom is -0.507 e. The average molecular weight is 430 g/mol. The van der Waals surface area contributed by atoms with Crippen LogP contribution in [-0.4, -0.2) is 18.3 Å². The van der Waals surface area contributed by atoms with Gasteiger partial charge in [0, 0.05) is 4.47 Å². The summed E-state index contributed by atoms with van der Waals surface area (Å²) in [5.74, 6) is 0.104. The lowest BCUT2D eigenvalue weighted by Crippen LogP contribution is -2.05. The number of phenols is 1. The predicted molar refractivity (Wildman–Crippen MR) is 87.5 cm³/mol. The Balaban J connectivity index is 3.32. The van der Waals surface area contributed by atoms with Crippen LogP contribution in [0.5, 0.6) is 5.75 Å². The van der Waals surface area contributed by atoms with E-state index in [0.29, 0.717) is 23.2 Å². The van der Waals surface area contributed by atoms with Gasteiger partial charge in [0.2, 0.25) is 0 Å². The van der Waals surface area contributed by atoms with E-state index in [2.05, 4.69) is 31.9 Å². The Morgan fingerprint density at radius 2 is 1.75 bits per heavy atom. The molecule has 0 heterocycles. The summed E-state index contributed by atoms with van der Waals surface area (Å²) in [6, 6.07) is 1.58. The Morgan fingerprint density at radius 1 is 1.25 bits per heavy atom. The Hall–Kier alpha value is 0.130. The number of benzene rings is 1. The summed E-state index contributed by atoms with van der Waals surface area (Å²) >= 11 is 6.80. The molecule has 1 atom stereocenters. The van der Waals surface area contributed by atoms with Crippen molar-refractivity contribution in [1.82, 2.24) is 0 Å². The van der Waals surface area contributed by atoms with Crippen molar-refractivity contribution < 1.29 is 18.7 Å². The van der Waals surface area contributed by atoms with Gasteiger partial charge in [-0.25, -0.2) is 0 Å². The summed E-state index contributed by atoms with van der Waals surface area (Å²) in [5, 5.41) is 9.94. The summed E-state index contributed by atoms with van der Waals surface area (Å²) in [6.45, 7) is 7.80. The molecule has 0 aliphatic rings. The largest absolute Gasteiger partial charge is 0.507 e. The van der Waals surface area contributed by atoms with E-state index in [1.165, 1.54) is 0 Å². The standard InChI is InChI=1S/C13H19Br2O4P/c1-5-18-20(17,19-6-2)9(4)10-7-11(16)13(15)8(3)12(10)14/h7,9,16H,5-6H2,1-4H3. The number of phenolic OH excluding ortho intramolecular Hbond substituents is 1. The molecule has 1 aromatic rings. The summed E-state index contributed by atoms with van der Waals surface area (Å²) in [6.07, 6.45) is 0. The smallest absolute Gasteiger partial charge is 0.337 e. The van der Waals surface area contributed by atoms with E-state index >= 15 is 0 Å². The van der Waals surface area contributed by atoms with Crippen molar-refractivity contribution >= 4 is 39.5 Å². The maximum atomic E-state index is 12.8. The van der Waals surface area contributed by atoms with Gasteiger partial charge in [-0.2, -0.15) is 0 Å². The van der Waals surface area contributed by atoms with Crippen molar-refractivity contribution in [2.45, 2.75) is 33.4 Å². The van der Waals surface area contributed by atoms with Gasteiger partial charge in [0.05, 0.1) is 23.3 Å². The molecule has 1 unspecified atom stereocenters. The summed E-state index contributed by atoms with van der Waals surface area (Å²) in [7, 11) is -3.27. The van der Waals surface area contributed by atoms with Crippen molar-refractivity contribution in [3.8, 4) is 5.75 Å². The summed E-state index contributed by atoms with van der Waals surface area (Å²) in [4.78, 5) is 0. The maximum Gasteiger partial charge on any atom is 0.337 e. The van der Waals surface area contributed by atoms with E-state index in [9.17, 15) is 9.67 Å². The first-order valence-electron chi connectivity index (χ1n) is 6.34. The molecule has 0 saturated carbocycles. The second-order valence-corrected chi connectivity index (χ2v) is 8.25. The third kappa shape index (κ3) is 3.66. The van der Waals surface area contributed by atoms with Gasteiger partial charge in [-0.05, 0) is 60.8 Å². The summed E-state index contributed by atoms with van der Waals surface area (Å²) < 4.78 is 25.0. The van der Waals surface area contributed by atoms with Crippen molar-refractivity contribution in [1.29, 1.82) is 0 Å². The highest BCUT2D eigenvalue weighted by atomic mass is 79.9. The predicted octanol–water partition coefficient (Wildman–Crippen LogP) is 5.55. The Kier molecular flexibility index (Phi) is 6.74. The Labute approximate surface area is 136 Å². The van der Waals surface area contributed by atoms with E-state index in [0.717, 1.165) is 10.0 Å². The normalized spacial score (nSPS) is 13.5. The zero-order chi connectivity index (χ0) is 15.5. The van der Waals surface area contributed by atoms with Gasteiger partial charge in [0.15, 0.2) is 0 Å². The lowest BCUT2D eigenvalue weighted by Gasteiger charge is -2.25. The molecule has 114 valence electrons. The topological polar surface area (TPSA) is 55.8 Å². The minimum absolute atomic E-state index is 0.104. The highest BCUT2D eigenvalue weighted by Gasteiger charge is 2.35. The van der Waals surface area contributed by atoms with Crippen LogP contribution < -0.4 is 0 Å². The van der Waals surface area contributed by atoms with E-state index in [4.69, 9.17) is 9.05 Å². The van der Waals surface area contributed by atoms with E-state index in [-0.39, 0.29) is 5.75 Å². The zero-order valence-corrected chi connectivity index (χ0v) is 16.0. The first kappa shape index (κ1) is 18.2. The molecule has 0 saturated heterocycles. The fraction of sp³-hybridized carbons (Fsp3) is 0.538. The molecular formula is C13H19Br2O4P. The first-order chi connectivity index (χ1) is 9.28.